The number of aromatic nitrogens is 2. The molecule has 0 saturated heterocycles. The van der Waals surface area contributed by atoms with Gasteiger partial charge in [-0.15, -0.1) is 0 Å². The molecule has 0 aliphatic heterocycles. The van der Waals surface area contributed by atoms with Gasteiger partial charge in [0.25, 0.3) is 0 Å². The van der Waals surface area contributed by atoms with Crippen molar-refractivity contribution in [3.63, 3.8) is 0 Å². The zero-order valence-corrected chi connectivity index (χ0v) is 7.80. The van der Waals surface area contributed by atoms with Crippen LogP contribution in [0.25, 0.3) is 0 Å². The summed E-state index contributed by atoms with van der Waals surface area (Å²) in [6.45, 7) is 1.72. The average molecular weight is 193 g/mol. The zero-order chi connectivity index (χ0) is 10.6. The van der Waals surface area contributed by atoms with Crippen LogP contribution in [0.4, 0.5) is 0 Å². The molecule has 1 aromatic heterocycles. The highest BCUT2D eigenvalue weighted by molar-refractivity contribution is 6.07. The second kappa shape index (κ2) is 4.45. The number of Topliss-reactive ketones (excluding diaryl/α,β-unsaturated/α-hetero) is 1. The van der Waals surface area contributed by atoms with E-state index >= 15 is 0 Å². The number of nitrogens with two attached hydrogens (primary N) is 1. The first-order valence-electron chi connectivity index (χ1n) is 4.27. The molecule has 1 heterocycles. The van der Waals surface area contributed by atoms with Crippen LogP contribution >= 0.6 is 0 Å². The summed E-state index contributed by atoms with van der Waals surface area (Å²) in [5.41, 5.74) is 5.07. The van der Waals surface area contributed by atoms with Crippen molar-refractivity contribution in [2.24, 2.45) is 11.7 Å². The SMILES string of the molecule is CCC(C(N)=O)C(=O)c1ncccn1. The van der Waals surface area contributed by atoms with Gasteiger partial charge in [0.1, 0.15) is 5.92 Å². The van der Waals surface area contributed by atoms with Crippen LogP contribution in [-0.4, -0.2) is 21.7 Å². The molecule has 1 rings (SSSR count). The molecular weight excluding hydrogens is 182 g/mol. The maximum atomic E-state index is 11.6. The number of nitrogens with zero attached hydrogens (tertiary/aromatic N) is 2. The van der Waals surface area contributed by atoms with Gasteiger partial charge in [0.2, 0.25) is 11.7 Å². The minimum atomic E-state index is -0.822. The smallest absolute Gasteiger partial charge is 0.228 e. The van der Waals surface area contributed by atoms with Crippen LogP contribution in [0.15, 0.2) is 18.5 Å². The summed E-state index contributed by atoms with van der Waals surface area (Å²) in [5, 5.41) is 0. The molecular formula is C9H11N3O2. The van der Waals surface area contributed by atoms with Crippen LogP contribution in [0.5, 0.6) is 0 Å². The van der Waals surface area contributed by atoms with Crippen molar-refractivity contribution >= 4 is 11.7 Å². The maximum absolute atomic E-state index is 11.6. The normalized spacial score (nSPS) is 12.1. The summed E-state index contributed by atoms with van der Waals surface area (Å²) in [4.78, 5) is 30.0. The Morgan fingerprint density at radius 2 is 2.00 bits per heavy atom. The zero-order valence-electron chi connectivity index (χ0n) is 7.80. The van der Waals surface area contributed by atoms with Crippen molar-refractivity contribution in [3.05, 3.63) is 24.3 Å². The number of hydrogen-bond acceptors (Lipinski definition) is 4. The molecule has 0 radical (unpaired) electrons. The number of amides is 1. The first-order valence-corrected chi connectivity index (χ1v) is 4.27. The van der Waals surface area contributed by atoms with E-state index in [1.807, 2.05) is 0 Å². The lowest BCUT2D eigenvalue weighted by Gasteiger charge is -2.07. The first kappa shape index (κ1) is 10.3. The lowest BCUT2D eigenvalue weighted by atomic mass is 10.00. The monoisotopic (exact) mass is 193 g/mol. The Balaban J connectivity index is 2.89. The summed E-state index contributed by atoms with van der Waals surface area (Å²) < 4.78 is 0. The third kappa shape index (κ3) is 2.12. The highest BCUT2D eigenvalue weighted by Gasteiger charge is 2.25. The van der Waals surface area contributed by atoms with Crippen molar-refractivity contribution < 1.29 is 9.59 Å². The second-order valence-electron chi connectivity index (χ2n) is 2.80. The van der Waals surface area contributed by atoms with Crippen LogP contribution < -0.4 is 5.73 Å². The van der Waals surface area contributed by atoms with Crippen LogP contribution in [-0.2, 0) is 4.79 Å². The van der Waals surface area contributed by atoms with Gasteiger partial charge in [0.05, 0.1) is 0 Å². The molecule has 1 aromatic rings. The van der Waals surface area contributed by atoms with E-state index in [2.05, 4.69) is 9.97 Å². The number of carbonyl (C=O) groups is 2. The quantitative estimate of drug-likeness (QED) is 0.545. The molecule has 0 aliphatic rings. The molecule has 0 spiro atoms. The van der Waals surface area contributed by atoms with E-state index in [-0.39, 0.29) is 5.82 Å². The summed E-state index contributed by atoms with van der Waals surface area (Å²) in [5.74, 6) is -1.83. The van der Waals surface area contributed by atoms with Gasteiger partial charge in [0, 0.05) is 12.4 Å². The van der Waals surface area contributed by atoms with Gasteiger partial charge >= 0.3 is 0 Å². The van der Waals surface area contributed by atoms with Crippen molar-refractivity contribution in [1.82, 2.24) is 9.97 Å². The Labute approximate surface area is 81.4 Å². The molecule has 2 N–H and O–H groups in total. The number of rotatable bonds is 4. The van der Waals surface area contributed by atoms with Crippen molar-refractivity contribution in [2.45, 2.75) is 13.3 Å². The Bertz CT molecular complexity index is 337. The topological polar surface area (TPSA) is 85.9 Å². The minimum Gasteiger partial charge on any atom is -0.369 e. The Hall–Kier alpha value is -1.78. The largest absolute Gasteiger partial charge is 0.369 e. The molecule has 74 valence electrons. The fourth-order valence-electron chi connectivity index (χ4n) is 1.10. The van der Waals surface area contributed by atoms with Crippen LogP contribution in [0.3, 0.4) is 0 Å². The van der Waals surface area contributed by atoms with Crippen LogP contribution in [0.1, 0.15) is 24.0 Å². The van der Waals surface area contributed by atoms with Gasteiger partial charge in [-0.1, -0.05) is 6.92 Å². The maximum Gasteiger partial charge on any atom is 0.228 e. The summed E-state index contributed by atoms with van der Waals surface area (Å²) in [7, 11) is 0. The third-order valence-corrected chi connectivity index (χ3v) is 1.85. The first-order chi connectivity index (χ1) is 6.66. The third-order valence-electron chi connectivity index (χ3n) is 1.85. The van der Waals surface area contributed by atoms with Gasteiger partial charge in [-0.2, -0.15) is 0 Å². The Kier molecular flexibility index (Phi) is 3.28. The molecule has 0 fully saturated rings. The highest BCUT2D eigenvalue weighted by atomic mass is 16.2. The molecule has 0 aliphatic carbocycles. The molecule has 5 heteroatoms. The fraction of sp³-hybridized carbons (Fsp3) is 0.333. The van der Waals surface area contributed by atoms with Crippen LogP contribution in [0, 0.1) is 5.92 Å². The van der Waals surface area contributed by atoms with E-state index in [4.69, 9.17) is 5.73 Å². The van der Waals surface area contributed by atoms with E-state index in [1.54, 1.807) is 13.0 Å². The van der Waals surface area contributed by atoms with E-state index in [0.717, 1.165) is 0 Å². The molecule has 0 saturated carbocycles. The number of primary amides is 1. The molecule has 1 atom stereocenters. The van der Waals surface area contributed by atoms with E-state index in [9.17, 15) is 9.59 Å². The molecule has 0 bridgehead atoms. The van der Waals surface area contributed by atoms with Crippen molar-refractivity contribution in [3.8, 4) is 0 Å². The number of hydrogen-bond donors (Lipinski definition) is 1. The van der Waals surface area contributed by atoms with Crippen molar-refractivity contribution in [1.29, 1.82) is 0 Å². The molecule has 0 aromatic carbocycles. The van der Waals surface area contributed by atoms with Gasteiger partial charge in [-0.3, -0.25) is 9.59 Å². The predicted molar refractivity (Wildman–Crippen MR) is 49.3 cm³/mol. The Morgan fingerprint density at radius 3 is 2.43 bits per heavy atom. The number of carbonyl (C=O) groups excluding carboxylic acids is 2. The van der Waals surface area contributed by atoms with E-state index in [1.165, 1.54) is 12.4 Å². The summed E-state index contributed by atoms with van der Waals surface area (Å²) >= 11 is 0. The average Bonchev–Trinajstić information content (AvgIpc) is 2.19. The van der Waals surface area contributed by atoms with Gasteiger partial charge < -0.3 is 5.73 Å². The molecule has 1 unspecified atom stereocenters. The minimum absolute atomic E-state index is 0.0400. The van der Waals surface area contributed by atoms with Crippen LogP contribution in [0.2, 0.25) is 0 Å². The van der Waals surface area contributed by atoms with E-state index in [0.29, 0.717) is 6.42 Å². The molecule has 1 amide bonds. The standard InChI is InChI=1S/C9H11N3O2/c1-2-6(8(10)14)7(13)9-11-4-3-5-12-9/h3-6H,2H2,1H3,(H2,10,14). The lowest BCUT2D eigenvalue weighted by Crippen LogP contribution is -2.30. The number of ketones is 1. The second-order valence-corrected chi connectivity index (χ2v) is 2.80. The summed E-state index contributed by atoms with van der Waals surface area (Å²) in [6, 6.07) is 1.60. The molecule has 5 nitrogen and oxygen atoms in total. The summed E-state index contributed by atoms with van der Waals surface area (Å²) in [6.07, 6.45) is 3.27. The van der Waals surface area contributed by atoms with Gasteiger partial charge in [-0.05, 0) is 12.5 Å². The van der Waals surface area contributed by atoms with Crippen molar-refractivity contribution in [2.75, 3.05) is 0 Å². The van der Waals surface area contributed by atoms with Gasteiger partial charge in [0.15, 0.2) is 5.82 Å². The highest BCUT2D eigenvalue weighted by Crippen LogP contribution is 2.07. The van der Waals surface area contributed by atoms with Gasteiger partial charge in [-0.25, -0.2) is 9.97 Å². The predicted octanol–water partition coefficient (Wildman–Crippen LogP) is 0.171. The Morgan fingerprint density at radius 1 is 1.43 bits per heavy atom. The fourth-order valence-corrected chi connectivity index (χ4v) is 1.10. The van der Waals surface area contributed by atoms with E-state index < -0.39 is 17.6 Å². The molecule has 14 heavy (non-hydrogen) atoms. The lowest BCUT2D eigenvalue weighted by molar-refractivity contribution is -0.120.